The second-order valence-corrected chi connectivity index (χ2v) is 4.54. The minimum absolute atomic E-state index is 0.122. The molecule has 0 bridgehead atoms. The molecule has 0 spiro atoms. The lowest BCUT2D eigenvalue weighted by molar-refractivity contribution is 0.373. The van der Waals surface area contributed by atoms with Gasteiger partial charge in [-0.15, -0.1) is 11.3 Å². The third-order valence-corrected chi connectivity index (χ3v) is 3.35. The number of methoxy groups -OCH3 is 1. The Morgan fingerprint density at radius 1 is 1.41 bits per heavy atom. The van der Waals surface area contributed by atoms with Crippen molar-refractivity contribution in [1.29, 1.82) is 0 Å². The Hall–Kier alpha value is -1.88. The molecule has 0 aliphatic carbocycles. The largest absolute Gasteiger partial charge is 0.504 e. The highest BCUT2D eigenvalue weighted by atomic mass is 32.1. The summed E-state index contributed by atoms with van der Waals surface area (Å²) >= 11 is 1.61. The topological polar surface area (TPSA) is 67.5 Å². The van der Waals surface area contributed by atoms with E-state index in [0.29, 0.717) is 12.3 Å². The molecule has 0 radical (unpaired) electrons. The van der Waals surface area contributed by atoms with Crippen molar-refractivity contribution in [2.45, 2.75) is 6.54 Å². The molecule has 0 atom stereocenters. The molecule has 1 aromatic carbocycles. The van der Waals surface area contributed by atoms with Crippen LogP contribution in [0.3, 0.4) is 0 Å². The number of phenols is 1. The zero-order chi connectivity index (χ0) is 12.3. The van der Waals surface area contributed by atoms with Crippen LogP contribution in [0.5, 0.6) is 11.5 Å². The van der Waals surface area contributed by atoms with Crippen LogP contribution in [0.25, 0.3) is 0 Å². The standard InChI is InChI=1S/C12H14N2O2S/c1-16-11-3-2-8(6-10(11)15)14-7-12-9(13)4-5-17-12/h2-6,14-15H,7,13H2,1H3. The third kappa shape index (κ3) is 2.62. The molecule has 90 valence electrons. The molecule has 4 N–H and O–H groups in total. The second kappa shape index (κ2) is 4.97. The van der Waals surface area contributed by atoms with E-state index in [0.717, 1.165) is 16.3 Å². The van der Waals surface area contributed by atoms with Crippen LogP contribution >= 0.6 is 11.3 Å². The molecule has 2 rings (SSSR count). The summed E-state index contributed by atoms with van der Waals surface area (Å²) < 4.78 is 4.97. The summed E-state index contributed by atoms with van der Waals surface area (Å²) in [6, 6.07) is 7.08. The molecule has 2 aromatic rings. The number of benzene rings is 1. The third-order valence-electron chi connectivity index (χ3n) is 2.41. The van der Waals surface area contributed by atoms with E-state index in [4.69, 9.17) is 10.5 Å². The van der Waals surface area contributed by atoms with Gasteiger partial charge in [-0.25, -0.2) is 0 Å². The van der Waals surface area contributed by atoms with Gasteiger partial charge in [-0.1, -0.05) is 0 Å². The minimum Gasteiger partial charge on any atom is -0.504 e. The van der Waals surface area contributed by atoms with Gasteiger partial charge in [0.2, 0.25) is 0 Å². The van der Waals surface area contributed by atoms with E-state index in [1.54, 1.807) is 23.5 Å². The van der Waals surface area contributed by atoms with Gasteiger partial charge in [0.1, 0.15) is 0 Å². The maximum atomic E-state index is 9.62. The van der Waals surface area contributed by atoms with Crippen LogP contribution in [-0.2, 0) is 6.54 Å². The molecule has 0 amide bonds. The van der Waals surface area contributed by atoms with E-state index in [9.17, 15) is 5.11 Å². The number of thiophene rings is 1. The van der Waals surface area contributed by atoms with Crippen LogP contribution in [0.15, 0.2) is 29.6 Å². The van der Waals surface area contributed by atoms with Gasteiger partial charge in [0.05, 0.1) is 13.7 Å². The second-order valence-electron chi connectivity index (χ2n) is 3.54. The van der Waals surface area contributed by atoms with E-state index < -0.39 is 0 Å². The SMILES string of the molecule is COc1ccc(NCc2sccc2N)cc1O. The van der Waals surface area contributed by atoms with Gasteiger partial charge in [-0.05, 0) is 23.6 Å². The van der Waals surface area contributed by atoms with E-state index in [1.165, 1.54) is 7.11 Å². The van der Waals surface area contributed by atoms with E-state index in [-0.39, 0.29) is 5.75 Å². The molecular formula is C12H14N2O2S. The Bertz CT molecular complexity index is 511. The number of hydrogen-bond acceptors (Lipinski definition) is 5. The molecule has 4 nitrogen and oxygen atoms in total. The first kappa shape index (κ1) is 11.6. The average Bonchev–Trinajstić information content (AvgIpc) is 2.72. The summed E-state index contributed by atoms with van der Waals surface area (Å²) in [5, 5.41) is 14.8. The Morgan fingerprint density at radius 2 is 2.24 bits per heavy atom. The number of hydrogen-bond donors (Lipinski definition) is 3. The highest BCUT2D eigenvalue weighted by Gasteiger charge is 2.04. The van der Waals surface area contributed by atoms with Gasteiger partial charge in [0, 0.05) is 22.3 Å². The lowest BCUT2D eigenvalue weighted by Crippen LogP contribution is -1.99. The number of ether oxygens (including phenoxy) is 1. The first-order valence-corrected chi connectivity index (χ1v) is 6.01. The van der Waals surface area contributed by atoms with E-state index in [1.807, 2.05) is 17.5 Å². The predicted molar refractivity (Wildman–Crippen MR) is 70.7 cm³/mol. The average molecular weight is 250 g/mol. The summed E-state index contributed by atoms with van der Waals surface area (Å²) in [6.07, 6.45) is 0. The smallest absolute Gasteiger partial charge is 0.160 e. The minimum atomic E-state index is 0.122. The molecule has 1 aromatic heterocycles. The summed E-state index contributed by atoms with van der Waals surface area (Å²) in [7, 11) is 1.52. The number of aromatic hydroxyl groups is 1. The van der Waals surface area contributed by atoms with Crippen LogP contribution in [0, 0.1) is 0 Å². The van der Waals surface area contributed by atoms with Crippen molar-refractivity contribution >= 4 is 22.7 Å². The number of rotatable bonds is 4. The molecule has 0 saturated heterocycles. The van der Waals surface area contributed by atoms with Gasteiger partial charge in [0.25, 0.3) is 0 Å². The van der Waals surface area contributed by atoms with Gasteiger partial charge in [-0.3, -0.25) is 0 Å². The Labute approximate surface area is 104 Å². The summed E-state index contributed by atoms with van der Waals surface area (Å²) in [5.41, 5.74) is 7.40. The van der Waals surface area contributed by atoms with Crippen LogP contribution in [0.1, 0.15) is 4.88 Å². The summed E-state index contributed by atoms with van der Waals surface area (Å²) in [6.45, 7) is 0.648. The zero-order valence-corrected chi connectivity index (χ0v) is 10.3. The van der Waals surface area contributed by atoms with Crippen molar-refractivity contribution < 1.29 is 9.84 Å². The van der Waals surface area contributed by atoms with Crippen molar-refractivity contribution in [3.63, 3.8) is 0 Å². The van der Waals surface area contributed by atoms with Crippen molar-refractivity contribution in [2.75, 3.05) is 18.2 Å². The Morgan fingerprint density at radius 3 is 2.82 bits per heavy atom. The fourth-order valence-electron chi connectivity index (χ4n) is 1.48. The predicted octanol–water partition coefficient (Wildman–Crippen LogP) is 2.66. The number of nitrogens with one attached hydrogen (secondary N) is 1. The first-order valence-electron chi connectivity index (χ1n) is 5.13. The molecule has 0 aliphatic rings. The van der Waals surface area contributed by atoms with Gasteiger partial charge in [0.15, 0.2) is 11.5 Å². The molecule has 0 aliphatic heterocycles. The summed E-state index contributed by atoms with van der Waals surface area (Å²) in [5.74, 6) is 0.586. The quantitative estimate of drug-likeness (QED) is 0.780. The normalized spacial score (nSPS) is 10.2. The lowest BCUT2D eigenvalue weighted by Gasteiger charge is -2.08. The number of phenolic OH excluding ortho intramolecular Hbond substituents is 1. The van der Waals surface area contributed by atoms with Crippen molar-refractivity contribution in [3.05, 3.63) is 34.5 Å². The molecular weight excluding hydrogens is 236 g/mol. The highest BCUT2D eigenvalue weighted by molar-refractivity contribution is 7.10. The lowest BCUT2D eigenvalue weighted by atomic mass is 10.2. The number of nitrogens with two attached hydrogens (primary N) is 1. The van der Waals surface area contributed by atoms with Crippen LogP contribution < -0.4 is 15.8 Å². The molecule has 17 heavy (non-hydrogen) atoms. The fourth-order valence-corrected chi connectivity index (χ4v) is 2.22. The van der Waals surface area contributed by atoms with E-state index in [2.05, 4.69) is 5.32 Å². The number of nitrogen functional groups attached to an aromatic ring is 1. The molecule has 0 unspecified atom stereocenters. The highest BCUT2D eigenvalue weighted by Crippen LogP contribution is 2.29. The zero-order valence-electron chi connectivity index (χ0n) is 9.43. The van der Waals surface area contributed by atoms with E-state index >= 15 is 0 Å². The van der Waals surface area contributed by atoms with Gasteiger partial charge in [-0.2, -0.15) is 0 Å². The van der Waals surface area contributed by atoms with Gasteiger partial charge < -0.3 is 20.9 Å². The molecule has 1 heterocycles. The fraction of sp³-hybridized carbons (Fsp3) is 0.167. The summed E-state index contributed by atoms with van der Waals surface area (Å²) in [4.78, 5) is 1.08. The number of anilines is 2. The van der Waals surface area contributed by atoms with Crippen LogP contribution in [-0.4, -0.2) is 12.2 Å². The van der Waals surface area contributed by atoms with Crippen LogP contribution in [0.4, 0.5) is 11.4 Å². The Kier molecular flexibility index (Phi) is 3.39. The maximum absolute atomic E-state index is 9.62. The monoisotopic (exact) mass is 250 g/mol. The molecule has 0 fully saturated rings. The Balaban J connectivity index is 2.05. The van der Waals surface area contributed by atoms with Crippen molar-refractivity contribution in [3.8, 4) is 11.5 Å². The maximum Gasteiger partial charge on any atom is 0.160 e. The van der Waals surface area contributed by atoms with Crippen molar-refractivity contribution in [1.82, 2.24) is 0 Å². The first-order chi connectivity index (χ1) is 8.20. The molecule has 0 saturated carbocycles. The van der Waals surface area contributed by atoms with Crippen LogP contribution in [0.2, 0.25) is 0 Å². The molecule has 5 heteroatoms. The van der Waals surface area contributed by atoms with Gasteiger partial charge >= 0.3 is 0 Å². The van der Waals surface area contributed by atoms with Crippen molar-refractivity contribution in [2.24, 2.45) is 0 Å².